The van der Waals surface area contributed by atoms with Crippen LogP contribution in [-0.4, -0.2) is 52.2 Å². The number of piperidine rings is 1. The second-order valence-electron chi connectivity index (χ2n) is 5.46. The quantitative estimate of drug-likeness (QED) is 0.698. The minimum Gasteiger partial charge on any atom is -0.481 e. The number of aliphatic carboxylic acids is 2. The van der Waals surface area contributed by atoms with E-state index >= 15 is 0 Å². The predicted molar refractivity (Wildman–Crippen MR) is 71.3 cm³/mol. The Hall–Kier alpha value is -1.79. The first kappa shape index (κ1) is 16.3. The number of hydrogen-bond acceptors (Lipinski definition) is 3. The number of nitrogens with zero attached hydrogens (tertiary/aromatic N) is 1. The molecule has 20 heavy (non-hydrogen) atoms. The topological polar surface area (TPSA) is 107 Å². The van der Waals surface area contributed by atoms with Crippen LogP contribution in [0.25, 0.3) is 0 Å². The van der Waals surface area contributed by atoms with Gasteiger partial charge in [0.1, 0.15) is 6.04 Å². The average molecular weight is 286 g/mol. The molecule has 0 spiro atoms. The van der Waals surface area contributed by atoms with Crippen molar-refractivity contribution >= 4 is 18.0 Å². The Bertz CT molecular complexity index is 385. The van der Waals surface area contributed by atoms with E-state index in [1.165, 1.54) is 0 Å². The van der Waals surface area contributed by atoms with Gasteiger partial charge in [-0.15, -0.1) is 0 Å². The standard InChI is InChI=1S/C13H22N2O5/c1-8-5-6-15(7-9(8)2)13(20)14-10(12(18)19)3-4-11(16)17/h8-10H,3-7H2,1-2H3,(H,14,20)(H,16,17)(H,18,19)/t8?,9?,10-/m0/s1. The third-order valence-corrected chi connectivity index (χ3v) is 3.86. The van der Waals surface area contributed by atoms with Crippen LogP contribution in [0.2, 0.25) is 0 Å². The van der Waals surface area contributed by atoms with E-state index in [-0.39, 0.29) is 12.8 Å². The maximum atomic E-state index is 12.0. The van der Waals surface area contributed by atoms with E-state index < -0.39 is 24.0 Å². The van der Waals surface area contributed by atoms with Gasteiger partial charge in [-0.3, -0.25) is 4.79 Å². The summed E-state index contributed by atoms with van der Waals surface area (Å²) in [6, 6.07) is -1.59. The summed E-state index contributed by atoms with van der Waals surface area (Å²) in [5, 5.41) is 20.0. The summed E-state index contributed by atoms with van der Waals surface area (Å²) in [5.41, 5.74) is 0. The van der Waals surface area contributed by atoms with Crippen molar-refractivity contribution < 1.29 is 24.6 Å². The molecular formula is C13H22N2O5. The lowest BCUT2D eigenvalue weighted by Crippen LogP contribution is -2.51. The predicted octanol–water partition coefficient (Wildman–Crippen LogP) is 0.992. The number of nitrogens with one attached hydrogen (secondary N) is 1. The van der Waals surface area contributed by atoms with Crippen molar-refractivity contribution in [3.05, 3.63) is 0 Å². The molecule has 0 saturated carbocycles. The van der Waals surface area contributed by atoms with Crippen molar-refractivity contribution in [2.45, 2.75) is 39.2 Å². The molecule has 1 saturated heterocycles. The number of hydrogen-bond donors (Lipinski definition) is 3. The summed E-state index contributed by atoms with van der Waals surface area (Å²) in [4.78, 5) is 35.1. The van der Waals surface area contributed by atoms with Gasteiger partial charge in [-0.05, 0) is 24.7 Å². The van der Waals surface area contributed by atoms with Crippen LogP contribution >= 0.6 is 0 Å². The van der Waals surface area contributed by atoms with Gasteiger partial charge in [0.15, 0.2) is 0 Å². The zero-order valence-electron chi connectivity index (χ0n) is 11.8. The average Bonchev–Trinajstić information content (AvgIpc) is 2.36. The lowest BCUT2D eigenvalue weighted by atomic mass is 9.89. The van der Waals surface area contributed by atoms with Crippen molar-refractivity contribution in [2.75, 3.05) is 13.1 Å². The highest BCUT2D eigenvalue weighted by molar-refractivity contribution is 5.83. The SMILES string of the molecule is CC1CCN(C(=O)N[C@@H](CCC(=O)O)C(=O)O)CC1C. The molecule has 7 heteroatoms. The van der Waals surface area contributed by atoms with Gasteiger partial charge in [0.2, 0.25) is 0 Å². The number of carboxylic acids is 2. The molecule has 2 amide bonds. The molecular weight excluding hydrogens is 264 g/mol. The van der Waals surface area contributed by atoms with Gasteiger partial charge >= 0.3 is 18.0 Å². The van der Waals surface area contributed by atoms with Crippen LogP contribution in [0.3, 0.4) is 0 Å². The van der Waals surface area contributed by atoms with Crippen LogP contribution in [0.15, 0.2) is 0 Å². The van der Waals surface area contributed by atoms with E-state index in [9.17, 15) is 14.4 Å². The van der Waals surface area contributed by atoms with Crippen molar-refractivity contribution in [3.63, 3.8) is 0 Å². The van der Waals surface area contributed by atoms with Gasteiger partial charge in [0, 0.05) is 19.5 Å². The van der Waals surface area contributed by atoms with E-state index in [2.05, 4.69) is 19.2 Å². The zero-order valence-corrected chi connectivity index (χ0v) is 11.8. The Morgan fingerprint density at radius 1 is 1.25 bits per heavy atom. The summed E-state index contributed by atoms with van der Waals surface area (Å²) in [6.07, 6.45) is 0.488. The molecule has 1 fully saturated rings. The molecule has 0 bridgehead atoms. The Balaban J connectivity index is 2.53. The third kappa shape index (κ3) is 4.71. The zero-order chi connectivity index (χ0) is 15.3. The van der Waals surface area contributed by atoms with Gasteiger partial charge in [0.05, 0.1) is 0 Å². The minimum absolute atomic E-state index is 0.115. The van der Waals surface area contributed by atoms with Crippen LogP contribution in [0, 0.1) is 11.8 Å². The number of carbonyl (C=O) groups excluding carboxylic acids is 1. The van der Waals surface area contributed by atoms with E-state index in [0.29, 0.717) is 24.9 Å². The summed E-state index contributed by atoms with van der Waals surface area (Å²) >= 11 is 0. The second-order valence-corrected chi connectivity index (χ2v) is 5.46. The van der Waals surface area contributed by atoms with E-state index in [1.54, 1.807) is 4.90 Å². The lowest BCUT2D eigenvalue weighted by Gasteiger charge is -2.35. The lowest BCUT2D eigenvalue weighted by molar-refractivity contribution is -0.140. The first-order chi connectivity index (χ1) is 9.31. The fourth-order valence-corrected chi connectivity index (χ4v) is 2.21. The van der Waals surface area contributed by atoms with Crippen molar-refractivity contribution in [2.24, 2.45) is 11.8 Å². The first-order valence-electron chi connectivity index (χ1n) is 6.81. The molecule has 3 N–H and O–H groups in total. The van der Waals surface area contributed by atoms with E-state index in [0.717, 1.165) is 6.42 Å². The summed E-state index contributed by atoms with van der Waals surface area (Å²) in [5.74, 6) is -1.37. The monoisotopic (exact) mass is 286 g/mol. The van der Waals surface area contributed by atoms with Crippen LogP contribution in [0.4, 0.5) is 4.79 Å². The van der Waals surface area contributed by atoms with Gasteiger partial charge in [-0.1, -0.05) is 13.8 Å². The molecule has 1 rings (SSSR count). The van der Waals surface area contributed by atoms with Crippen LogP contribution < -0.4 is 5.32 Å². The van der Waals surface area contributed by atoms with Crippen LogP contribution in [0.5, 0.6) is 0 Å². The summed E-state index contributed by atoms with van der Waals surface area (Å²) in [6.45, 7) is 5.39. The molecule has 7 nitrogen and oxygen atoms in total. The Morgan fingerprint density at radius 2 is 1.90 bits per heavy atom. The van der Waals surface area contributed by atoms with Gasteiger partial charge in [-0.25, -0.2) is 9.59 Å². The third-order valence-electron chi connectivity index (χ3n) is 3.86. The first-order valence-corrected chi connectivity index (χ1v) is 6.81. The van der Waals surface area contributed by atoms with Crippen molar-refractivity contribution in [1.29, 1.82) is 0 Å². The Morgan fingerprint density at radius 3 is 2.40 bits per heavy atom. The number of carbonyl (C=O) groups is 3. The minimum atomic E-state index is -1.21. The molecule has 0 aromatic carbocycles. The van der Waals surface area contributed by atoms with Gasteiger partial charge in [-0.2, -0.15) is 0 Å². The highest BCUT2D eigenvalue weighted by Gasteiger charge is 2.28. The number of carboxylic acid groups (broad SMARTS) is 2. The molecule has 1 heterocycles. The maximum absolute atomic E-state index is 12.0. The fourth-order valence-electron chi connectivity index (χ4n) is 2.21. The van der Waals surface area contributed by atoms with Crippen molar-refractivity contribution in [1.82, 2.24) is 10.2 Å². The number of urea groups is 1. The second kappa shape index (κ2) is 7.12. The summed E-state index contributed by atoms with van der Waals surface area (Å²) < 4.78 is 0. The fraction of sp³-hybridized carbons (Fsp3) is 0.769. The van der Waals surface area contributed by atoms with Crippen molar-refractivity contribution in [3.8, 4) is 0 Å². The van der Waals surface area contributed by atoms with Gasteiger partial charge in [0.25, 0.3) is 0 Å². The normalized spacial score (nSPS) is 24.0. The summed E-state index contributed by atoms with van der Waals surface area (Å²) in [7, 11) is 0. The highest BCUT2D eigenvalue weighted by atomic mass is 16.4. The smallest absolute Gasteiger partial charge is 0.326 e. The molecule has 1 aliphatic rings. The largest absolute Gasteiger partial charge is 0.481 e. The highest BCUT2D eigenvalue weighted by Crippen LogP contribution is 2.22. The number of likely N-dealkylation sites (tertiary alicyclic amines) is 1. The van der Waals surface area contributed by atoms with Crippen LogP contribution in [-0.2, 0) is 9.59 Å². The molecule has 0 aromatic heterocycles. The maximum Gasteiger partial charge on any atom is 0.326 e. The number of amides is 2. The van der Waals surface area contributed by atoms with Gasteiger partial charge < -0.3 is 20.4 Å². The molecule has 1 aliphatic heterocycles. The van der Waals surface area contributed by atoms with E-state index in [4.69, 9.17) is 10.2 Å². The molecule has 3 atom stereocenters. The molecule has 0 aliphatic carbocycles. The molecule has 2 unspecified atom stereocenters. The van der Waals surface area contributed by atoms with Crippen LogP contribution in [0.1, 0.15) is 33.1 Å². The van der Waals surface area contributed by atoms with E-state index in [1.807, 2.05) is 0 Å². The Kier molecular flexibility index (Phi) is 5.79. The molecule has 0 radical (unpaired) electrons. The number of rotatable bonds is 5. The molecule has 0 aromatic rings. The molecule has 114 valence electrons. The Labute approximate surface area is 117 Å².